The first-order valence-corrected chi connectivity index (χ1v) is 6.07. The molecule has 1 fully saturated rings. The second kappa shape index (κ2) is 4.78. The summed E-state index contributed by atoms with van der Waals surface area (Å²) in [6, 6.07) is 3.39. The van der Waals surface area contributed by atoms with Crippen LogP contribution in [0.25, 0.3) is 0 Å². The monoisotopic (exact) mass is 211 g/mol. The highest BCUT2D eigenvalue weighted by molar-refractivity contribution is 7.99. The second-order valence-corrected chi connectivity index (χ2v) is 4.87. The Hall–Kier alpha value is -0.570. The van der Waals surface area contributed by atoms with Crippen LogP contribution in [0, 0.1) is 11.9 Å². The van der Waals surface area contributed by atoms with Crippen molar-refractivity contribution in [2.24, 2.45) is 5.92 Å². The van der Waals surface area contributed by atoms with Crippen LogP contribution in [0.15, 0.2) is 23.2 Å². The third-order valence-electron chi connectivity index (χ3n) is 2.66. The topological polar surface area (TPSA) is 12.9 Å². The highest BCUT2D eigenvalue weighted by Gasteiger charge is 2.14. The average Bonchev–Trinajstić information content (AvgIpc) is 2.67. The van der Waals surface area contributed by atoms with Gasteiger partial charge in [-0.1, -0.05) is 12.8 Å². The van der Waals surface area contributed by atoms with E-state index in [0.29, 0.717) is 0 Å². The van der Waals surface area contributed by atoms with Gasteiger partial charge in [0.25, 0.3) is 0 Å². The van der Waals surface area contributed by atoms with Gasteiger partial charge in [-0.2, -0.15) is 4.39 Å². The van der Waals surface area contributed by atoms with Crippen LogP contribution in [0.1, 0.15) is 25.7 Å². The van der Waals surface area contributed by atoms with Crippen LogP contribution >= 0.6 is 11.8 Å². The van der Waals surface area contributed by atoms with E-state index in [0.717, 1.165) is 16.6 Å². The number of hydrogen-bond acceptors (Lipinski definition) is 2. The van der Waals surface area contributed by atoms with Gasteiger partial charge in [0, 0.05) is 22.9 Å². The molecular weight excluding hydrogens is 197 g/mol. The van der Waals surface area contributed by atoms with Crippen LogP contribution in [-0.4, -0.2) is 10.7 Å². The van der Waals surface area contributed by atoms with Gasteiger partial charge < -0.3 is 0 Å². The summed E-state index contributed by atoms with van der Waals surface area (Å²) in [5.74, 6) is 1.60. The Bertz CT molecular complexity index is 297. The predicted molar refractivity (Wildman–Crippen MR) is 56.9 cm³/mol. The lowest BCUT2D eigenvalue weighted by Crippen LogP contribution is -1.96. The Balaban J connectivity index is 1.85. The number of pyridine rings is 1. The molecule has 0 spiro atoms. The third kappa shape index (κ3) is 2.71. The van der Waals surface area contributed by atoms with Gasteiger partial charge >= 0.3 is 0 Å². The lowest BCUT2D eigenvalue weighted by atomic mass is 10.1. The van der Waals surface area contributed by atoms with Crippen molar-refractivity contribution in [2.45, 2.75) is 30.6 Å². The maximum atomic E-state index is 12.7. The standard InChI is InChI=1S/C11H14FNS/c12-11-7-10(5-6-13-11)14-8-9-3-1-2-4-9/h5-7,9H,1-4,8H2. The van der Waals surface area contributed by atoms with Gasteiger partial charge in [-0.05, 0) is 24.8 Å². The van der Waals surface area contributed by atoms with Crippen molar-refractivity contribution in [1.29, 1.82) is 0 Å². The summed E-state index contributed by atoms with van der Waals surface area (Å²) in [5, 5.41) is 0. The summed E-state index contributed by atoms with van der Waals surface area (Å²) in [4.78, 5) is 4.54. The van der Waals surface area contributed by atoms with E-state index in [4.69, 9.17) is 0 Å². The fourth-order valence-corrected chi connectivity index (χ4v) is 2.96. The maximum absolute atomic E-state index is 12.7. The van der Waals surface area contributed by atoms with Gasteiger partial charge in [-0.3, -0.25) is 0 Å². The van der Waals surface area contributed by atoms with E-state index in [1.807, 2.05) is 6.07 Å². The summed E-state index contributed by atoms with van der Waals surface area (Å²) >= 11 is 1.75. The SMILES string of the molecule is Fc1cc(SCC2CCCC2)ccn1. The number of aromatic nitrogens is 1. The zero-order valence-electron chi connectivity index (χ0n) is 8.08. The van der Waals surface area contributed by atoms with E-state index >= 15 is 0 Å². The molecule has 0 N–H and O–H groups in total. The predicted octanol–water partition coefficient (Wildman–Crippen LogP) is 3.50. The van der Waals surface area contributed by atoms with E-state index in [9.17, 15) is 4.39 Å². The number of hydrogen-bond donors (Lipinski definition) is 0. The van der Waals surface area contributed by atoms with Crippen LogP contribution < -0.4 is 0 Å². The molecule has 1 nitrogen and oxygen atoms in total. The molecule has 0 radical (unpaired) electrons. The van der Waals surface area contributed by atoms with Crippen LogP contribution in [0.4, 0.5) is 4.39 Å². The number of halogens is 1. The highest BCUT2D eigenvalue weighted by atomic mass is 32.2. The maximum Gasteiger partial charge on any atom is 0.213 e. The zero-order chi connectivity index (χ0) is 9.80. The molecule has 1 aliphatic carbocycles. The molecule has 1 aliphatic rings. The first-order valence-electron chi connectivity index (χ1n) is 5.09. The van der Waals surface area contributed by atoms with Gasteiger partial charge in [0.15, 0.2) is 0 Å². The molecule has 14 heavy (non-hydrogen) atoms. The molecule has 0 unspecified atom stereocenters. The second-order valence-electron chi connectivity index (χ2n) is 3.78. The Labute approximate surface area is 88.1 Å². The van der Waals surface area contributed by atoms with Crippen molar-refractivity contribution in [3.63, 3.8) is 0 Å². The van der Waals surface area contributed by atoms with Crippen LogP contribution in [-0.2, 0) is 0 Å². The van der Waals surface area contributed by atoms with Gasteiger partial charge in [-0.25, -0.2) is 4.98 Å². The average molecular weight is 211 g/mol. The van der Waals surface area contributed by atoms with Crippen molar-refractivity contribution >= 4 is 11.8 Å². The van der Waals surface area contributed by atoms with Crippen molar-refractivity contribution in [3.8, 4) is 0 Å². The Morgan fingerprint density at radius 2 is 2.21 bits per heavy atom. The van der Waals surface area contributed by atoms with E-state index < -0.39 is 0 Å². The number of rotatable bonds is 3. The minimum atomic E-state index is -0.374. The van der Waals surface area contributed by atoms with Crippen molar-refractivity contribution in [3.05, 3.63) is 24.3 Å². The lowest BCUT2D eigenvalue weighted by Gasteiger charge is -2.07. The summed E-state index contributed by atoms with van der Waals surface area (Å²) < 4.78 is 12.7. The first kappa shape index (κ1) is 9.97. The summed E-state index contributed by atoms with van der Waals surface area (Å²) in [5.41, 5.74) is 0. The minimum absolute atomic E-state index is 0.374. The largest absolute Gasteiger partial charge is 0.228 e. The molecule has 0 atom stereocenters. The molecule has 0 aliphatic heterocycles. The number of thioether (sulfide) groups is 1. The van der Waals surface area contributed by atoms with Gasteiger partial charge in [0.1, 0.15) is 0 Å². The molecule has 1 aromatic rings. The molecule has 0 aromatic carbocycles. The molecule has 3 heteroatoms. The summed E-state index contributed by atoms with van der Waals surface area (Å²) in [6.07, 6.45) is 6.97. The first-order chi connectivity index (χ1) is 6.84. The lowest BCUT2D eigenvalue weighted by molar-refractivity contribution is 0.579. The van der Waals surface area contributed by atoms with Crippen LogP contribution in [0.3, 0.4) is 0 Å². The quantitative estimate of drug-likeness (QED) is 0.560. The summed E-state index contributed by atoms with van der Waals surface area (Å²) in [7, 11) is 0. The smallest absolute Gasteiger partial charge is 0.213 e. The molecule has 0 saturated heterocycles. The third-order valence-corrected chi connectivity index (χ3v) is 3.88. The Morgan fingerprint density at radius 1 is 1.43 bits per heavy atom. The van der Waals surface area contributed by atoms with Crippen molar-refractivity contribution in [1.82, 2.24) is 4.98 Å². The molecule has 1 saturated carbocycles. The Morgan fingerprint density at radius 3 is 2.93 bits per heavy atom. The van der Waals surface area contributed by atoms with Crippen molar-refractivity contribution in [2.75, 3.05) is 5.75 Å². The van der Waals surface area contributed by atoms with E-state index in [1.54, 1.807) is 11.8 Å². The van der Waals surface area contributed by atoms with Crippen LogP contribution in [0.5, 0.6) is 0 Å². The number of nitrogens with zero attached hydrogens (tertiary/aromatic N) is 1. The molecule has 0 bridgehead atoms. The molecule has 1 aromatic heterocycles. The fourth-order valence-electron chi connectivity index (χ4n) is 1.87. The molecular formula is C11H14FNS. The summed E-state index contributed by atoms with van der Waals surface area (Å²) in [6.45, 7) is 0. The molecule has 2 rings (SSSR count). The minimum Gasteiger partial charge on any atom is -0.228 e. The molecule has 76 valence electrons. The molecule has 1 heterocycles. The fraction of sp³-hybridized carbons (Fsp3) is 0.545. The normalized spacial score (nSPS) is 17.5. The van der Waals surface area contributed by atoms with Crippen molar-refractivity contribution < 1.29 is 4.39 Å². The van der Waals surface area contributed by atoms with E-state index in [-0.39, 0.29) is 5.95 Å². The molecule has 0 amide bonds. The van der Waals surface area contributed by atoms with Gasteiger partial charge in [0.05, 0.1) is 0 Å². The highest BCUT2D eigenvalue weighted by Crippen LogP contribution is 2.30. The van der Waals surface area contributed by atoms with E-state index in [1.165, 1.54) is 37.9 Å². The zero-order valence-corrected chi connectivity index (χ0v) is 8.89. The van der Waals surface area contributed by atoms with Gasteiger partial charge in [0.2, 0.25) is 5.95 Å². The van der Waals surface area contributed by atoms with Crippen LogP contribution in [0.2, 0.25) is 0 Å². The Kier molecular flexibility index (Phi) is 3.40. The van der Waals surface area contributed by atoms with E-state index in [2.05, 4.69) is 4.98 Å². The van der Waals surface area contributed by atoms with Gasteiger partial charge in [-0.15, -0.1) is 11.8 Å².